The van der Waals surface area contributed by atoms with Gasteiger partial charge in [-0.1, -0.05) is 134 Å². The van der Waals surface area contributed by atoms with Crippen LogP contribution in [0.3, 0.4) is 0 Å². The molecule has 1 unspecified atom stereocenters. The summed E-state index contributed by atoms with van der Waals surface area (Å²) in [6, 6.07) is 8.80. The number of halogens is 1. The molecular weight excluding hydrogens is 398 g/mol. The van der Waals surface area contributed by atoms with Gasteiger partial charge in [-0.3, -0.25) is 0 Å². The normalized spacial score (nSPS) is 12.4. The van der Waals surface area contributed by atoms with E-state index in [9.17, 15) is 0 Å². The Morgan fingerprint density at radius 1 is 0.774 bits per heavy atom. The van der Waals surface area contributed by atoms with Crippen LogP contribution in [0.1, 0.15) is 128 Å². The highest BCUT2D eigenvalue weighted by Crippen LogP contribution is 2.26. The summed E-state index contributed by atoms with van der Waals surface area (Å²) in [6.45, 7) is 10.5. The summed E-state index contributed by atoms with van der Waals surface area (Å²) in [7, 11) is 0. The minimum atomic E-state index is -0.117. The van der Waals surface area contributed by atoms with E-state index in [4.69, 9.17) is 5.73 Å². The third kappa shape index (κ3) is 15.6. The third-order valence-corrected chi connectivity index (χ3v) is 6.66. The Labute approximate surface area is 201 Å². The van der Waals surface area contributed by atoms with Crippen molar-refractivity contribution in [3.8, 4) is 0 Å². The Hall–Kier alpha value is -0.790. The smallest absolute Gasteiger partial charge is 0.0129 e. The van der Waals surface area contributed by atoms with Crippen LogP contribution in [0.4, 0.5) is 0 Å². The molecule has 2 N–H and O–H groups in total. The number of rotatable bonds is 19. The molecule has 0 aliphatic heterocycles. The van der Waals surface area contributed by atoms with Crippen molar-refractivity contribution in [1.82, 2.24) is 0 Å². The van der Waals surface area contributed by atoms with Crippen molar-refractivity contribution in [1.29, 1.82) is 0 Å². The van der Waals surface area contributed by atoms with Gasteiger partial charge in [-0.05, 0) is 43.7 Å². The highest BCUT2D eigenvalue weighted by atomic mass is 35.5. The van der Waals surface area contributed by atoms with Crippen molar-refractivity contribution in [2.24, 2.45) is 11.7 Å². The molecule has 0 fully saturated rings. The molecule has 180 valence electrons. The van der Waals surface area contributed by atoms with Crippen molar-refractivity contribution in [2.75, 3.05) is 0 Å². The van der Waals surface area contributed by atoms with Crippen LogP contribution in [0.2, 0.25) is 0 Å². The number of benzene rings is 1. The average Bonchev–Trinajstić information content (AvgIpc) is 2.72. The van der Waals surface area contributed by atoms with Crippen LogP contribution in [-0.4, -0.2) is 5.54 Å². The van der Waals surface area contributed by atoms with E-state index in [1.165, 1.54) is 107 Å². The topological polar surface area (TPSA) is 26.0 Å². The minimum absolute atomic E-state index is 0. The molecule has 0 radical (unpaired) electrons. The van der Waals surface area contributed by atoms with E-state index in [0.717, 1.165) is 6.42 Å². The van der Waals surface area contributed by atoms with Crippen LogP contribution in [-0.2, 0) is 6.42 Å². The first-order valence-corrected chi connectivity index (χ1v) is 13.0. The van der Waals surface area contributed by atoms with Crippen molar-refractivity contribution in [3.63, 3.8) is 0 Å². The largest absolute Gasteiger partial charge is 0.325 e. The summed E-state index contributed by atoms with van der Waals surface area (Å²) in [5.41, 5.74) is 8.99. The number of unbranched alkanes of at least 4 members (excludes halogenated alkanes) is 13. The maximum absolute atomic E-state index is 6.52. The van der Waals surface area contributed by atoms with Crippen LogP contribution in [0.5, 0.6) is 0 Å². The molecule has 0 heterocycles. The summed E-state index contributed by atoms with van der Waals surface area (Å²) in [4.78, 5) is 0. The van der Waals surface area contributed by atoms with Crippen LogP contribution in [0, 0.1) is 5.92 Å². The number of hydrogen-bond acceptors (Lipinski definition) is 1. The maximum atomic E-state index is 6.52. The fourth-order valence-electron chi connectivity index (χ4n) is 4.40. The lowest BCUT2D eigenvalue weighted by Gasteiger charge is -2.31. The summed E-state index contributed by atoms with van der Waals surface area (Å²) in [6.07, 6.45) is 24.1. The van der Waals surface area contributed by atoms with Crippen molar-refractivity contribution >= 4 is 18.5 Å². The fourth-order valence-corrected chi connectivity index (χ4v) is 4.40. The van der Waals surface area contributed by atoms with Gasteiger partial charge >= 0.3 is 0 Å². The van der Waals surface area contributed by atoms with E-state index in [-0.39, 0.29) is 17.9 Å². The highest BCUT2D eigenvalue weighted by molar-refractivity contribution is 5.85. The van der Waals surface area contributed by atoms with Gasteiger partial charge in [-0.2, -0.15) is 0 Å². The van der Waals surface area contributed by atoms with Gasteiger partial charge in [0.25, 0.3) is 0 Å². The van der Waals surface area contributed by atoms with Crippen LogP contribution in [0.25, 0.3) is 6.08 Å². The zero-order chi connectivity index (χ0) is 22.1. The van der Waals surface area contributed by atoms with Crippen molar-refractivity contribution in [2.45, 2.75) is 129 Å². The first-order chi connectivity index (χ1) is 14.5. The second-order valence-corrected chi connectivity index (χ2v) is 10.1. The van der Waals surface area contributed by atoms with Gasteiger partial charge < -0.3 is 5.73 Å². The molecule has 0 aliphatic rings. The molecular formula is C29H52ClN. The Bertz CT molecular complexity index is 529. The molecule has 0 bridgehead atoms. The van der Waals surface area contributed by atoms with Gasteiger partial charge in [0.05, 0.1) is 0 Å². The molecule has 2 heteroatoms. The number of nitrogens with two attached hydrogens (primary N) is 1. The maximum Gasteiger partial charge on any atom is 0.0129 e. The second-order valence-electron chi connectivity index (χ2n) is 10.1. The van der Waals surface area contributed by atoms with E-state index in [1.54, 1.807) is 0 Å². The molecule has 1 aromatic rings. The SMILES string of the molecule is C=Cc1ccc(CC(CCCCCCCCCCCCCCCC)C(C)(C)N)cc1.Cl. The molecule has 0 saturated carbocycles. The van der Waals surface area contributed by atoms with Crippen LogP contribution < -0.4 is 5.73 Å². The lowest BCUT2D eigenvalue weighted by molar-refractivity contribution is 0.290. The second kappa shape index (κ2) is 18.8. The molecule has 0 amide bonds. The average molecular weight is 450 g/mol. The Kier molecular flexibility index (Phi) is 18.3. The minimum Gasteiger partial charge on any atom is -0.325 e. The van der Waals surface area contributed by atoms with Gasteiger partial charge in [-0.15, -0.1) is 12.4 Å². The molecule has 0 saturated heterocycles. The Morgan fingerprint density at radius 3 is 1.58 bits per heavy atom. The van der Waals surface area contributed by atoms with Crippen molar-refractivity contribution < 1.29 is 0 Å². The summed E-state index contributed by atoms with van der Waals surface area (Å²) < 4.78 is 0. The van der Waals surface area contributed by atoms with Crippen LogP contribution >= 0.6 is 12.4 Å². The predicted molar refractivity (Wildman–Crippen MR) is 144 cm³/mol. The van der Waals surface area contributed by atoms with E-state index in [2.05, 4.69) is 51.6 Å². The van der Waals surface area contributed by atoms with E-state index in [0.29, 0.717) is 5.92 Å². The fraction of sp³-hybridized carbons (Fsp3) is 0.724. The lowest BCUT2D eigenvalue weighted by atomic mass is 9.80. The van der Waals surface area contributed by atoms with Gasteiger partial charge in [0.1, 0.15) is 0 Å². The summed E-state index contributed by atoms with van der Waals surface area (Å²) in [5.74, 6) is 0.546. The zero-order valence-electron chi connectivity index (χ0n) is 21.0. The van der Waals surface area contributed by atoms with E-state index >= 15 is 0 Å². The zero-order valence-corrected chi connectivity index (χ0v) is 21.8. The molecule has 31 heavy (non-hydrogen) atoms. The first-order valence-electron chi connectivity index (χ1n) is 13.0. The monoisotopic (exact) mass is 449 g/mol. The third-order valence-electron chi connectivity index (χ3n) is 6.66. The van der Waals surface area contributed by atoms with E-state index < -0.39 is 0 Å². The van der Waals surface area contributed by atoms with Gasteiger partial charge in [0.15, 0.2) is 0 Å². The van der Waals surface area contributed by atoms with Crippen LogP contribution in [0.15, 0.2) is 30.8 Å². The van der Waals surface area contributed by atoms with Gasteiger partial charge in [0, 0.05) is 5.54 Å². The highest BCUT2D eigenvalue weighted by Gasteiger charge is 2.24. The molecule has 1 aromatic carbocycles. The number of hydrogen-bond donors (Lipinski definition) is 1. The summed E-state index contributed by atoms with van der Waals surface area (Å²) >= 11 is 0. The van der Waals surface area contributed by atoms with Gasteiger partial charge in [0.2, 0.25) is 0 Å². The first kappa shape index (κ1) is 30.2. The molecule has 0 spiro atoms. The Balaban J connectivity index is 0.00000900. The lowest BCUT2D eigenvalue weighted by Crippen LogP contribution is -2.42. The summed E-state index contributed by atoms with van der Waals surface area (Å²) in [5, 5.41) is 0. The molecule has 1 nitrogen and oxygen atoms in total. The van der Waals surface area contributed by atoms with E-state index in [1.807, 2.05) is 6.08 Å². The van der Waals surface area contributed by atoms with Crippen molar-refractivity contribution in [3.05, 3.63) is 42.0 Å². The molecule has 1 rings (SSSR count). The molecule has 1 atom stereocenters. The van der Waals surface area contributed by atoms with Gasteiger partial charge in [-0.25, -0.2) is 0 Å². The molecule has 0 aromatic heterocycles. The Morgan fingerprint density at radius 2 is 1.19 bits per heavy atom. The predicted octanol–water partition coefficient (Wildman–Crippen LogP) is 9.52. The molecule has 0 aliphatic carbocycles. The standard InChI is InChI=1S/C29H51N.ClH/c1-5-7-8-9-10-11-12-13-14-15-16-17-18-19-20-28(29(3,4)30)25-27-23-21-26(6-2)22-24-27;/h6,21-24,28H,2,5,7-20,25,30H2,1,3-4H3;1H. The quantitative estimate of drug-likeness (QED) is 0.209.